The molecule has 0 saturated carbocycles. The summed E-state index contributed by atoms with van der Waals surface area (Å²) in [6, 6.07) is 22.6. The minimum Gasteiger partial charge on any atom is -0.492 e. The molecule has 0 aliphatic heterocycles. The van der Waals surface area contributed by atoms with Crippen LogP contribution in [-0.2, 0) is 32.6 Å². The van der Waals surface area contributed by atoms with Crippen molar-refractivity contribution in [3.05, 3.63) is 94.5 Å². The number of hydrogen-bond acceptors (Lipinski definition) is 5. The van der Waals surface area contributed by atoms with Crippen molar-refractivity contribution >= 4 is 43.5 Å². The third kappa shape index (κ3) is 8.82. The summed E-state index contributed by atoms with van der Waals surface area (Å²) >= 11 is 3.43. The van der Waals surface area contributed by atoms with E-state index < -0.39 is 28.5 Å². The van der Waals surface area contributed by atoms with Crippen LogP contribution in [0.5, 0.6) is 5.75 Å². The zero-order chi connectivity index (χ0) is 29.3. The predicted octanol–water partition coefficient (Wildman–Crippen LogP) is 4.78. The minimum atomic E-state index is -3.89. The van der Waals surface area contributed by atoms with Crippen molar-refractivity contribution in [3.8, 4) is 5.75 Å². The Morgan fingerprint density at radius 1 is 0.925 bits per heavy atom. The van der Waals surface area contributed by atoms with Gasteiger partial charge in [0.1, 0.15) is 18.3 Å². The van der Waals surface area contributed by atoms with Gasteiger partial charge in [-0.15, -0.1) is 0 Å². The molecule has 3 aromatic carbocycles. The molecule has 0 aliphatic carbocycles. The van der Waals surface area contributed by atoms with Gasteiger partial charge in [0.25, 0.3) is 0 Å². The molecule has 0 heterocycles. The van der Waals surface area contributed by atoms with E-state index in [1.807, 2.05) is 68.4 Å². The Balaban J connectivity index is 2.07. The van der Waals surface area contributed by atoms with Crippen molar-refractivity contribution < 1.29 is 22.7 Å². The van der Waals surface area contributed by atoms with E-state index in [9.17, 15) is 18.0 Å². The van der Waals surface area contributed by atoms with Gasteiger partial charge in [-0.3, -0.25) is 13.9 Å². The Hall–Kier alpha value is -3.37. The molecule has 2 amide bonds. The van der Waals surface area contributed by atoms with Gasteiger partial charge in [-0.2, -0.15) is 0 Å². The van der Waals surface area contributed by atoms with Gasteiger partial charge in [0, 0.05) is 23.5 Å². The highest BCUT2D eigenvalue weighted by Gasteiger charge is 2.33. The van der Waals surface area contributed by atoms with Crippen LogP contribution in [-0.4, -0.2) is 56.6 Å². The number of carbonyl (C=O) groups excluding carboxylic acids is 2. The molecule has 214 valence electrons. The monoisotopic (exact) mass is 629 g/mol. The molecule has 0 aromatic heterocycles. The first-order chi connectivity index (χ1) is 19.0. The summed E-state index contributed by atoms with van der Waals surface area (Å²) in [5, 5.41) is 2.94. The Labute approximate surface area is 245 Å². The third-order valence-electron chi connectivity index (χ3n) is 6.08. The fourth-order valence-electron chi connectivity index (χ4n) is 4.26. The van der Waals surface area contributed by atoms with Gasteiger partial charge in [0.15, 0.2) is 0 Å². The molecule has 1 atom stereocenters. The second-order valence-electron chi connectivity index (χ2n) is 9.69. The lowest BCUT2D eigenvalue weighted by Gasteiger charge is -2.34. The zero-order valence-electron chi connectivity index (χ0n) is 23.2. The first kappa shape index (κ1) is 31.2. The molecule has 0 aliphatic rings. The van der Waals surface area contributed by atoms with Gasteiger partial charge in [-0.25, -0.2) is 8.42 Å². The van der Waals surface area contributed by atoms with E-state index in [2.05, 4.69) is 21.2 Å². The molecule has 1 N–H and O–H groups in total. The quantitative estimate of drug-likeness (QED) is 0.294. The Morgan fingerprint density at radius 3 is 2.15 bits per heavy atom. The number of sulfonamides is 1. The van der Waals surface area contributed by atoms with Crippen LogP contribution in [0.1, 0.15) is 31.9 Å². The number of nitrogens with one attached hydrogen (secondary N) is 1. The number of anilines is 1. The van der Waals surface area contributed by atoms with Crippen molar-refractivity contribution in [1.82, 2.24) is 10.2 Å². The van der Waals surface area contributed by atoms with E-state index in [4.69, 9.17) is 4.74 Å². The van der Waals surface area contributed by atoms with Gasteiger partial charge in [0.2, 0.25) is 21.8 Å². The number of hydrogen-bond donors (Lipinski definition) is 1. The van der Waals surface area contributed by atoms with Gasteiger partial charge in [0.05, 0.1) is 18.6 Å². The molecule has 0 fully saturated rings. The molecule has 3 aromatic rings. The number of para-hydroxylation sites is 2. The van der Waals surface area contributed by atoms with E-state index in [1.165, 1.54) is 4.90 Å². The smallest absolute Gasteiger partial charge is 0.244 e. The molecule has 8 nitrogen and oxygen atoms in total. The number of ether oxygens (including phenoxy) is 1. The lowest BCUT2D eigenvalue weighted by Crippen LogP contribution is -2.54. The topological polar surface area (TPSA) is 96.0 Å². The molecule has 0 spiro atoms. The maximum atomic E-state index is 14.1. The van der Waals surface area contributed by atoms with Crippen LogP contribution in [0, 0.1) is 0 Å². The number of rotatable bonds is 13. The number of benzene rings is 3. The Bertz CT molecular complexity index is 1380. The highest BCUT2D eigenvalue weighted by atomic mass is 79.9. The van der Waals surface area contributed by atoms with Gasteiger partial charge in [-0.05, 0) is 56.2 Å². The van der Waals surface area contributed by atoms with E-state index in [-0.39, 0.29) is 30.6 Å². The van der Waals surface area contributed by atoms with E-state index in [0.29, 0.717) is 12.4 Å². The molecule has 10 heteroatoms. The Morgan fingerprint density at radius 2 is 1.55 bits per heavy atom. The molecular formula is C30H36BrN3O5S. The zero-order valence-corrected chi connectivity index (χ0v) is 25.6. The molecule has 0 radical (unpaired) electrons. The van der Waals surface area contributed by atoms with E-state index >= 15 is 0 Å². The fourth-order valence-corrected chi connectivity index (χ4v) is 5.37. The normalized spacial score (nSPS) is 12.1. The maximum absolute atomic E-state index is 14.1. The third-order valence-corrected chi connectivity index (χ3v) is 7.74. The van der Waals surface area contributed by atoms with Crippen LogP contribution < -0.4 is 14.4 Å². The summed E-state index contributed by atoms with van der Waals surface area (Å²) < 4.78 is 33.6. The van der Waals surface area contributed by atoms with Crippen molar-refractivity contribution in [2.45, 2.75) is 45.8 Å². The van der Waals surface area contributed by atoms with Crippen LogP contribution in [0.25, 0.3) is 0 Å². The highest BCUT2D eigenvalue weighted by Crippen LogP contribution is 2.30. The van der Waals surface area contributed by atoms with E-state index in [1.54, 1.807) is 31.2 Å². The van der Waals surface area contributed by atoms with Crippen LogP contribution in [0.3, 0.4) is 0 Å². The Kier molecular flexibility index (Phi) is 11.2. The summed E-state index contributed by atoms with van der Waals surface area (Å²) in [4.78, 5) is 29.2. The second kappa shape index (κ2) is 14.3. The number of halogens is 1. The summed E-state index contributed by atoms with van der Waals surface area (Å²) in [6.45, 7) is 5.45. The minimum absolute atomic E-state index is 0.111. The first-order valence-corrected chi connectivity index (χ1v) is 15.7. The van der Waals surface area contributed by atoms with Crippen molar-refractivity contribution in [2.24, 2.45) is 0 Å². The summed E-state index contributed by atoms with van der Waals surface area (Å²) in [5.74, 6) is -0.481. The van der Waals surface area contributed by atoms with Crippen LogP contribution in [0.2, 0.25) is 0 Å². The van der Waals surface area contributed by atoms with Crippen LogP contribution >= 0.6 is 15.9 Å². The highest BCUT2D eigenvalue weighted by molar-refractivity contribution is 9.10. The fraction of sp³-hybridized carbons (Fsp3) is 0.333. The molecule has 0 saturated heterocycles. The lowest BCUT2D eigenvalue weighted by atomic mass is 10.0. The lowest BCUT2D eigenvalue weighted by molar-refractivity contribution is -0.140. The van der Waals surface area contributed by atoms with Gasteiger partial charge in [-0.1, -0.05) is 70.5 Å². The SMILES string of the molecule is CCOc1ccccc1N(CC(=O)N(Cc1ccc(Br)cc1)C(Cc1ccccc1)C(=O)NC(C)C)S(C)(=O)=O. The predicted molar refractivity (Wildman–Crippen MR) is 162 cm³/mol. The summed E-state index contributed by atoms with van der Waals surface area (Å²) in [7, 11) is -3.89. The maximum Gasteiger partial charge on any atom is 0.244 e. The van der Waals surface area contributed by atoms with Crippen molar-refractivity contribution in [1.29, 1.82) is 0 Å². The van der Waals surface area contributed by atoms with Gasteiger partial charge >= 0.3 is 0 Å². The van der Waals surface area contributed by atoms with Gasteiger partial charge < -0.3 is 15.0 Å². The van der Waals surface area contributed by atoms with Crippen molar-refractivity contribution in [2.75, 3.05) is 23.7 Å². The van der Waals surface area contributed by atoms with Crippen LogP contribution in [0.4, 0.5) is 5.69 Å². The standard InChI is InChI=1S/C30H36BrN3O5S/c1-5-39-28-14-10-9-13-26(28)34(40(4,37)38)21-29(35)33(20-24-15-17-25(31)18-16-24)27(30(36)32-22(2)3)19-23-11-7-6-8-12-23/h6-18,22,27H,5,19-21H2,1-4H3,(H,32,36). The molecule has 0 bridgehead atoms. The van der Waals surface area contributed by atoms with E-state index in [0.717, 1.165) is 26.2 Å². The number of carbonyl (C=O) groups is 2. The average molecular weight is 631 g/mol. The number of nitrogens with zero attached hydrogens (tertiary/aromatic N) is 2. The molecular weight excluding hydrogens is 594 g/mol. The molecule has 40 heavy (non-hydrogen) atoms. The molecule has 1 unspecified atom stereocenters. The number of amides is 2. The van der Waals surface area contributed by atoms with Crippen LogP contribution in [0.15, 0.2) is 83.3 Å². The molecule has 3 rings (SSSR count). The average Bonchev–Trinajstić information content (AvgIpc) is 2.90. The largest absolute Gasteiger partial charge is 0.492 e. The second-order valence-corrected chi connectivity index (χ2v) is 12.5. The summed E-state index contributed by atoms with van der Waals surface area (Å²) in [5.41, 5.74) is 1.93. The summed E-state index contributed by atoms with van der Waals surface area (Å²) in [6.07, 6.45) is 1.31. The first-order valence-electron chi connectivity index (χ1n) is 13.1. The van der Waals surface area contributed by atoms with Crippen molar-refractivity contribution in [3.63, 3.8) is 0 Å².